The molecule has 43 heavy (non-hydrogen) atoms. The third kappa shape index (κ3) is 6.47. The fourth-order valence-electron chi connectivity index (χ4n) is 5.60. The normalized spacial score (nSPS) is 21.1. The van der Waals surface area contributed by atoms with Crippen LogP contribution in [0.2, 0.25) is 0 Å². The summed E-state index contributed by atoms with van der Waals surface area (Å²) in [4.78, 5) is 31.0. The first kappa shape index (κ1) is 29.0. The second-order valence-electron chi connectivity index (χ2n) is 10.9. The van der Waals surface area contributed by atoms with Crippen molar-refractivity contribution in [1.29, 1.82) is 0 Å². The summed E-state index contributed by atoms with van der Waals surface area (Å²) in [6.45, 7) is 2.60. The number of pyridine rings is 1. The smallest absolute Gasteiger partial charge is 0.378 e. The van der Waals surface area contributed by atoms with Gasteiger partial charge < -0.3 is 20.1 Å². The van der Waals surface area contributed by atoms with E-state index in [0.717, 1.165) is 24.8 Å². The van der Waals surface area contributed by atoms with Crippen LogP contribution in [0.3, 0.4) is 0 Å². The number of aromatic nitrogens is 5. The van der Waals surface area contributed by atoms with Gasteiger partial charge in [0.2, 0.25) is 5.91 Å². The summed E-state index contributed by atoms with van der Waals surface area (Å²) in [7, 11) is 0. The van der Waals surface area contributed by atoms with Crippen molar-refractivity contribution in [2.75, 3.05) is 23.8 Å². The molecule has 2 fully saturated rings. The highest BCUT2D eigenvalue weighted by molar-refractivity contribution is 5.93. The van der Waals surface area contributed by atoms with Crippen LogP contribution in [0.25, 0.3) is 22.4 Å². The Kier molecular flexibility index (Phi) is 8.26. The molecule has 0 saturated carbocycles. The SMILES string of the molecule is Cc1ccc(NC(=O)CC2CC(C(F)(F)F)CCO2)cc1Nc1ncccc1-c1ncnc2c1ncn2C1CCCCO1. The molecule has 5 heterocycles. The first-order chi connectivity index (χ1) is 20.8. The first-order valence-electron chi connectivity index (χ1n) is 14.4. The molecule has 1 amide bonds. The van der Waals surface area contributed by atoms with Crippen LogP contribution in [0.1, 0.15) is 50.3 Å². The van der Waals surface area contributed by atoms with E-state index in [-0.39, 0.29) is 32.1 Å². The van der Waals surface area contributed by atoms with Crippen LogP contribution in [0.5, 0.6) is 0 Å². The highest BCUT2D eigenvalue weighted by Gasteiger charge is 2.43. The van der Waals surface area contributed by atoms with Crippen molar-refractivity contribution in [2.24, 2.45) is 5.92 Å². The van der Waals surface area contributed by atoms with Gasteiger partial charge in [-0.2, -0.15) is 13.2 Å². The molecule has 1 aromatic carbocycles. The van der Waals surface area contributed by atoms with E-state index in [2.05, 4.69) is 30.6 Å². The number of hydrogen-bond acceptors (Lipinski definition) is 8. The number of imidazole rings is 1. The molecule has 2 aliphatic heterocycles. The van der Waals surface area contributed by atoms with E-state index in [1.165, 1.54) is 6.33 Å². The lowest BCUT2D eigenvalue weighted by Crippen LogP contribution is -2.36. The Balaban J connectivity index is 1.20. The molecule has 4 aromatic rings. The van der Waals surface area contributed by atoms with Gasteiger partial charge in [0, 0.05) is 36.3 Å². The Morgan fingerprint density at radius 2 is 1.95 bits per heavy atom. The number of nitrogens with one attached hydrogen (secondary N) is 2. The van der Waals surface area contributed by atoms with Crippen LogP contribution >= 0.6 is 0 Å². The van der Waals surface area contributed by atoms with Crippen molar-refractivity contribution in [1.82, 2.24) is 24.5 Å². The number of halogens is 3. The lowest BCUT2D eigenvalue weighted by atomic mass is 9.93. The average molecular weight is 596 g/mol. The summed E-state index contributed by atoms with van der Waals surface area (Å²) >= 11 is 0. The minimum atomic E-state index is -4.29. The van der Waals surface area contributed by atoms with Crippen molar-refractivity contribution in [2.45, 2.75) is 64.0 Å². The molecule has 3 unspecified atom stereocenters. The Morgan fingerprint density at radius 3 is 2.77 bits per heavy atom. The molecule has 0 radical (unpaired) electrons. The molecular formula is C30H32F3N7O3. The summed E-state index contributed by atoms with van der Waals surface area (Å²) in [6, 6.07) is 9.05. The van der Waals surface area contributed by atoms with Gasteiger partial charge in [0.05, 0.1) is 24.8 Å². The number of carbonyl (C=O) groups is 1. The molecule has 0 bridgehead atoms. The van der Waals surface area contributed by atoms with E-state index in [1.54, 1.807) is 24.7 Å². The first-order valence-corrected chi connectivity index (χ1v) is 14.4. The molecule has 3 atom stereocenters. The molecule has 3 aromatic heterocycles. The standard InChI is InChI=1S/C30H32F3N7O3/c1-18-7-8-20(38-24(41)15-21-13-19(9-12-42-21)30(31,32)33)14-23(18)39-28-22(5-4-10-34-28)26-27-29(36-16-35-26)40(17-37-27)25-6-2-3-11-43-25/h4-5,7-8,10,14,16-17,19,21,25H,2-3,6,9,11-13,15H2,1H3,(H,34,39)(H,38,41). The number of benzene rings is 1. The predicted molar refractivity (Wildman–Crippen MR) is 154 cm³/mol. The van der Waals surface area contributed by atoms with Gasteiger partial charge in [-0.25, -0.2) is 19.9 Å². The summed E-state index contributed by atoms with van der Waals surface area (Å²) in [5, 5.41) is 6.15. The minimum Gasteiger partial charge on any atom is -0.378 e. The van der Waals surface area contributed by atoms with Crippen molar-refractivity contribution in [3.63, 3.8) is 0 Å². The molecule has 2 N–H and O–H groups in total. The lowest BCUT2D eigenvalue weighted by molar-refractivity contribution is -0.202. The Labute approximate surface area is 246 Å². The Morgan fingerprint density at radius 1 is 1.07 bits per heavy atom. The number of amides is 1. The number of fused-ring (bicyclic) bond motifs is 1. The maximum Gasteiger partial charge on any atom is 0.392 e. The van der Waals surface area contributed by atoms with Gasteiger partial charge in [0.25, 0.3) is 0 Å². The van der Waals surface area contributed by atoms with Crippen molar-refractivity contribution in [3.8, 4) is 11.3 Å². The molecule has 2 saturated heterocycles. The molecule has 10 nitrogen and oxygen atoms in total. The third-order valence-corrected chi connectivity index (χ3v) is 7.91. The van der Waals surface area contributed by atoms with Crippen molar-refractivity contribution >= 4 is 34.3 Å². The third-order valence-electron chi connectivity index (χ3n) is 7.91. The summed E-state index contributed by atoms with van der Waals surface area (Å²) in [5.74, 6) is -1.33. The number of ether oxygens (including phenoxy) is 2. The number of aryl methyl sites for hydroxylation is 1. The average Bonchev–Trinajstić information content (AvgIpc) is 3.44. The van der Waals surface area contributed by atoms with Crippen molar-refractivity contribution < 1.29 is 27.4 Å². The molecule has 13 heteroatoms. The van der Waals surface area contributed by atoms with Gasteiger partial charge in [-0.15, -0.1) is 0 Å². The summed E-state index contributed by atoms with van der Waals surface area (Å²) in [6.07, 6.45) is 2.25. The molecule has 0 spiro atoms. The monoisotopic (exact) mass is 595 g/mol. The number of nitrogens with zero attached hydrogens (tertiary/aromatic N) is 5. The zero-order chi connectivity index (χ0) is 30.0. The fourth-order valence-corrected chi connectivity index (χ4v) is 5.60. The second-order valence-corrected chi connectivity index (χ2v) is 10.9. The maximum atomic E-state index is 13.2. The quantitative estimate of drug-likeness (QED) is 0.255. The highest BCUT2D eigenvalue weighted by Crippen LogP contribution is 2.37. The van der Waals surface area contributed by atoms with Gasteiger partial charge in [-0.3, -0.25) is 9.36 Å². The van der Waals surface area contributed by atoms with Crippen LogP contribution in [0.15, 0.2) is 49.2 Å². The van der Waals surface area contributed by atoms with E-state index < -0.39 is 24.1 Å². The lowest BCUT2D eigenvalue weighted by Gasteiger charge is -2.30. The maximum absolute atomic E-state index is 13.2. The summed E-state index contributed by atoms with van der Waals surface area (Å²) < 4.78 is 52.8. The largest absolute Gasteiger partial charge is 0.392 e. The van der Waals surface area contributed by atoms with E-state index >= 15 is 0 Å². The van der Waals surface area contributed by atoms with E-state index in [4.69, 9.17) is 9.47 Å². The molecule has 2 aliphatic rings. The zero-order valence-corrected chi connectivity index (χ0v) is 23.6. The number of anilines is 3. The minimum absolute atomic E-state index is 0.0135. The van der Waals surface area contributed by atoms with Gasteiger partial charge in [-0.1, -0.05) is 6.07 Å². The van der Waals surface area contributed by atoms with E-state index in [0.29, 0.717) is 46.2 Å². The summed E-state index contributed by atoms with van der Waals surface area (Å²) in [5.41, 5.74) is 4.71. The number of hydrogen-bond donors (Lipinski definition) is 2. The number of rotatable bonds is 7. The Hall–Kier alpha value is -4.10. The van der Waals surface area contributed by atoms with E-state index in [9.17, 15) is 18.0 Å². The van der Waals surface area contributed by atoms with Crippen LogP contribution in [-0.2, 0) is 14.3 Å². The number of alkyl halides is 3. The Bertz CT molecular complexity index is 1600. The molecule has 226 valence electrons. The topological polar surface area (TPSA) is 116 Å². The van der Waals surface area contributed by atoms with Crippen molar-refractivity contribution in [3.05, 3.63) is 54.7 Å². The van der Waals surface area contributed by atoms with Crippen LogP contribution in [0.4, 0.5) is 30.4 Å². The second kappa shape index (κ2) is 12.3. The van der Waals surface area contributed by atoms with Gasteiger partial charge >= 0.3 is 6.18 Å². The van der Waals surface area contributed by atoms with Gasteiger partial charge in [-0.05, 0) is 68.9 Å². The van der Waals surface area contributed by atoms with Crippen LogP contribution in [-0.4, -0.2) is 55.9 Å². The molecule has 0 aliphatic carbocycles. The van der Waals surface area contributed by atoms with E-state index in [1.807, 2.05) is 29.7 Å². The number of carbonyl (C=O) groups excluding carboxylic acids is 1. The fraction of sp³-hybridized carbons (Fsp3) is 0.433. The van der Waals surface area contributed by atoms with Gasteiger partial charge in [0.15, 0.2) is 5.65 Å². The zero-order valence-electron chi connectivity index (χ0n) is 23.6. The van der Waals surface area contributed by atoms with Crippen LogP contribution < -0.4 is 10.6 Å². The highest BCUT2D eigenvalue weighted by atomic mass is 19.4. The van der Waals surface area contributed by atoms with Gasteiger partial charge in [0.1, 0.15) is 29.6 Å². The molecular weight excluding hydrogens is 563 g/mol. The van der Waals surface area contributed by atoms with Crippen LogP contribution in [0, 0.1) is 12.8 Å². The predicted octanol–water partition coefficient (Wildman–Crippen LogP) is 6.33. The molecule has 6 rings (SSSR count).